The van der Waals surface area contributed by atoms with Crippen molar-refractivity contribution < 1.29 is 14.5 Å². The van der Waals surface area contributed by atoms with Crippen LogP contribution in [0.15, 0.2) is 24.3 Å². The second-order valence-electron chi connectivity index (χ2n) is 3.89. The molecule has 0 spiro atoms. The van der Waals surface area contributed by atoms with E-state index < -0.39 is 10.5 Å². The van der Waals surface area contributed by atoms with E-state index in [9.17, 15) is 14.9 Å². The summed E-state index contributed by atoms with van der Waals surface area (Å²) in [5.74, 6) is -0.0903. The number of rotatable bonds is 5. The van der Waals surface area contributed by atoms with Crippen molar-refractivity contribution >= 4 is 27.4 Å². The molecule has 0 radical (unpaired) electrons. The van der Waals surface area contributed by atoms with Gasteiger partial charge in [0.05, 0.1) is 10.3 Å². The second kappa shape index (κ2) is 5.27. The number of carbonyl (C=O) groups excluding carboxylic acids is 1. The topological polar surface area (TPSA) is 69.4 Å². The summed E-state index contributed by atoms with van der Waals surface area (Å²) in [6.45, 7) is 3.15. The average molecular weight is 302 g/mol. The smallest absolute Gasteiger partial charge is 0.310 e. The van der Waals surface area contributed by atoms with E-state index in [1.165, 1.54) is 12.1 Å². The molecule has 0 aromatic heterocycles. The summed E-state index contributed by atoms with van der Waals surface area (Å²) < 4.78 is 5.43. The summed E-state index contributed by atoms with van der Waals surface area (Å²) in [6, 6.07) is 5.98. The normalized spacial score (nSPS) is 11.0. The SMILES string of the molecule is CC(C)(Oc1ccccc1[N+](=O)[O-])C(=O)CBr. The number of nitrogens with zero attached hydrogens (tertiary/aromatic N) is 1. The van der Waals surface area contributed by atoms with Crippen LogP contribution in [0.2, 0.25) is 0 Å². The highest BCUT2D eigenvalue weighted by molar-refractivity contribution is 9.09. The van der Waals surface area contributed by atoms with E-state index in [1.54, 1.807) is 26.0 Å². The Balaban J connectivity index is 3.03. The number of halogens is 1. The lowest BCUT2D eigenvalue weighted by Gasteiger charge is -2.23. The Kier molecular flexibility index (Phi) is 4.22. The third kappa shape index (κ3) is 3.26. The van der Waals surface area contributed by atoms with Gasteiger partial charge in [-0.15, -0.1) is 0 Å². The van der Waals surface area contributed by atoms with Crippen LogP contribution in [0.4, 0.5) is 5.69 Å². The van der Waals surface area contributed by atoms with E-state index in [1.807, 2.05) is 0 Å². The molecule has 0 N–H and O–H groups in total. The largest absolute Gasteiger partial charge is 0.473 e. The van der Waals surface area contributed by atoms with Crippen molar-refractivity contribution in [2.24, 2.45) is 0 Å². The number of hydrogen-bond acceptors (Lipinski definition) is 4. The molecule has 1 aromatic rings. The number of ether oxygens (including phenoxy) is 1. The monoisotopic (exact) mass is 301 g/mol. The van der Waals surface area contributed by atoms with Crippen molar-refractivity contribution in [2.45, 2.75) is 19.4 Å². The van der Waals surface area contributed by atoms with Crippen LogP contribution >= 0.6 is 15.9 Å². The molecule has 5 nitrogen and oxygen atoms in total. The fourth-order valence-corrected chi connectivity index (χ4v) is 1.86. The minimum Gasteiger partial charge on any atom is -0.473 e. The van der Waals surface area contributed by atoms with Crippen LogP contribution in [-0.4, -0.2) is 21.6 Å². The van der Waals surface area contributed by atoms with Gasteiger partial charge < -0.3 is 4.74 Å². The summed E-state index contributed by atoms with van der Waals surface area (Å²) in [5, 5.41) is 10.9. The van der Waals surface area contributed by atoms with Crippen molar-refractivity contribution in [1.82, 2.24) is 0 Å². The zero-order valence-corrected chi connectivity index (χ0v) is 11.1. The average Bonchev–Trinajstić information content (AvgIpc) is 2.27. The van der Waals surface area contributed by atoms with Crippen LogP contribution in [0, 0.1) is 10.1 Å². The van der Waals surface area contributed by atoms with E-state index in [0.717, 1.165) is 0 Å². The maximum Gasteiger partial charge on any atom is 0.310 e. The molecule has 0 aliphatic heterocycles. The number of hydrogen-bond donors (Lipinski definition) is 0. The zero-order chi connectivity index (χ0) is 13.1. The van der Waals surface area contributed by atoms with Crippen LogP contribution in [0.5, 0.6) is 5.75 Å². The number of nitro groups is 1. The predicted octanol–water partition coefficient (Wildman–Crippen LogP) is 2.72. The Morgan fingerprint density at radius 3 is 2.59 bits per heavy atom. The van der Waals surface area contributed by atoms with Crippen LogP contribution in [0.1, 0.15) is 13.8 Å². The summed E-state index contributed by atoms with van der Waals surface area (Å²) in [7, 11) is 0. The van der Waals surface area contributed by atoms with Gasteiger partial charge in [-0.2, -0.15) is 0 Å². The van der Waals surface area contributed by atoms with Gasteiger partial charge in [-0.25, -0.2) is 0 Å². The molecule has 92 valence electrons. The fourth-order valence-electron chi connectivity index (χ4n) is 1.19. The van der Waals surface area contributed by atoms with Crippen molar-refractivity contribution in [2.75, 3.05) is 5.33 Å². The Bertz CT molecular complexity index is 445. The first-order chi connectivity index (χ1) is 7.88. The van der Waals surface area contributed by atoms with Crippen molar-refractivity contribution in [1.29, 1.82) is 0 Å². The highest BCUT2D eigenvalue weighted by atomic mass is 79.9. The van der Waals surface area contributed by atoms with Gasteiger partial charge in [0.25, 0.3) is 0 Å². The minimum atomic E-state index is -1.10. The third-order valence-corrected chi connectivity index (χ3v) is 2.73. The molecule has 6 heteroatoms. The Hall–Kier alpha value is -1.43. The van der Waals surface area contributed by atoms with E-state index in [0.29, 0.717) is 0 Å². The minimum absolute atomic E-state index is 0.0943. The lowest BCUT2D eigenvalue weighted by Crippen LogP contribution is -2.39. The van der Waals surface area contributed by atoms with Gasteiger partial charge in [-0.3, -0.25) is 14.9 Å². The number of Topliss-reactive ketones (excluding diaryl/α,β-unsaturated/α-hetero) is 1. The molecule has 17 heavy (non-hydrogen) atoms. The first-order valence-electron chi connectivity index (χ1n) is 4.90. The van der Waals surface area contributed by atoms with Gasteiger partial charge in [-0.1, -0.05) is 28.1 Å². The number of alkyl halides is 1. The first-order valence-corrected chi connectivity index (χ1v) is 6.02. The number of ketones is 1. The number of benzene rings is 1. The fraction of sp³-hybridized carbons (Fsp3) is 0.364. The predicted molar refractivity (Wildman–Crippen MR) is 66.6 cm³/mol. The lowest BCUT2D eigenvalue weighted by atomic mass is 10.1. The standard InChI is InChI=1S/C11H12BrNO4/c1-11(2,10(14)7-12)17-9-6-4-3-5-8(9)13(15)16/h3-6H,7H2,1-2H3. The molecule has 0 unspecified atom stereocenters. The van der Waals surface area contributed by atoms with Crippen molar-refractivity contribution in [3.05, 3.63) is 34.4 Å². The summed E-state index contributed by atoms with van der Waals surface area (Å²) in [5.41, 5.74) is -1.25. The lowest BCUT2D eigenvalue weighted by molar-refractivity contribution is -0.386. The van der Waals surface area contributed by atoms with Crippen LogP contribution in [-0.2, 0) is 4.79 Å². The molecular formula is C11H12BrNO4. The highest BCUT2D eigenvalue weighted by Gasteiger charge is 2.31. The second-order valence-corrected chi connectivity index (χ2v) is 4.45. The molecule has 0 amide bonds. The summed E-state index contributed by atoms with van der Waals surface area (Å²) in [6.07, 6.45) is 0. The molecule has 0 atom stereocenters. The Labute approximate surface area is 107 Å². The Morgan fingerprint density at radius 1 is 1.47 bits per heavy atom. The van der Waals surface area contributed by atoms with E-state index >= 15 is 0 Å². The molecule has 1 aromatic carbocycles. The van der Waals surface area contributed by atoms with E-state index in [2.05, 4.69) is 15.9 Å². The zero-order valence-electron chi connectivity index (χ0n) is 9.47. The number of carbonyl (C=O) groups is 1. The number of nitro benzene ring substituents is 1. The van der Waals surface area contributed by atoms with Gasteiger partial charge in [0.1, 0.15) is 0 Å². The van der Waals surface area contributed by atoms with Gasteiger partial charge in [-0.05, 0) is 19.9 Å². The number of para-hydroxylation sites is 2. The van der Waals surface area contributed by atoms with Gasteiger partial charge in [0.15, 0.2) is 17.1 Å². The van der Waals surface area contributed by atoms with Gasteiger partial charge in [0, 0.05) is 6.07 Å². The molecular weight excluding hydrogens is 290 g/mol. The molecule has 0 bridgehead atoms. The van der Waals surface area contributed by atoms with E-state index in [4.69, 9.17) is 4.74 Å². The van der Waals surface area contributed by atoms with Crippen LogP contribution < -0.4 is 4.74 Å². The van der Waals surface area contributed by atoms with Crippen molar-refractivity contribution in [3.63, 3.8) is 0 Å². The van der Waals surface area contributed by atoms with E-state index in [-0.39, 0.29) is 22.6 Å². The molecule has 0 heterocycles. The maximum atomic E-state index is 11.6. The molecule has 0 fully saturated rings. The summed E-state index contributed by atoms with van der Waals surface area (Å²) >= 11 is 3.05. The molecule has 0 saturated heterocycles. The first kappa shape index (κ1) is 13.6. The quantitative estimate of drug-likeness (QED) is 0.476. The molecule has 0 saturated carbocycles. The molecule has 0 aliphatic carbocycles. The van der Waals surface area contributed by atoms with Gasteiger partial charge in [0.2, 0.25) is 0 Å². The summed E-state index contributed by atoms with van der Waals surface area (Å²) in [4.78, 5) is 21.8. The van der Waals surface area contributed by atoms with Crippen LogP contribution in [0.3, 0.4) is 0 Å². The van der Waals surface area contributed by atoms with Crippen molar-refractivity contribution in [3.8, 4) is 5.75 Å². The molecule has 1 rings (SSSR count). The maximum absolute atomic E-state index is 11.6. The highest BCUT2D eigenvalue weighted by Crippen LogP contribution is 2.29. The molecule has 0 aliphatic rings. The Morgan fingerprint density at radius 2 is 2.06 bits per heavy atom. The van der Waals surface area contributed by atoms with Crippen LogP contribution in [0.25, 0.3) is 0 Å². The third-order valence-electron chi connectivity index (χ3n) is 2.22. The van der Waals surface area contributed by atoms with Gasteiger partial charge >= 0.3 is 5.69 Å².